The third-order valence-corrected chi connectivity index (χ3v) is 5.73. The topological polar surface area (TPSA) is 93.4 Å². The molecule has 0 spiro atoms. The minimum absolute atomic E-state index is 0.0516. The van der Waals surface area contributed by atoms with Gasteiger partial charge in [0.1, 0.15) is 12.1 Å². The number of carbonyl (C=O) groups excluding carboxylic acids is 1. The van der Waals surface area contributed by atoms with Crippen molar-refractivity contribution in [1.29, 1.82) is 0 Å². The first-order chi connectivity index (χ1) is 16.0. The van der Waals surface area contributed by atoms with E-state index in [-0.39, 0.29) is 24.2 Å². The van der Waals surface area contributed by atoms with Crippen LogP contribution >= 0.6 is 0 Å². The summed E-state index contributed by atoms with van der Waals surface area (Å²) in [7, 11) is 0. The van der Waals surface area contributed by atoms with Gasteiger partial charge in [-0.05, 0) is 48.6 Å². The monoisotopic (exact) mass is 449 g/mol. The van der Waals surface area contributed by atoms with Gasteiger partial charge in [0, 0.05) is 13.1 Å². The number of rotatable bonds is 9. The number of halogens is 1. The van der Waals surface area contributed by atoms with Crippen molar-refractivity contribution in [3.8, 4) is 5.75 Å². The lowest BCUT2D eigenvalue weighted by Crippen LogP contribution is -2.25. The van der Waals surface area contributed by atoms with Gasteiger partial charge in [-0.25, -0.2) is 9.97 Å². The first kappa shape index (κ1) is 22.5. The van der Waals surface area contributed by atoms with Crippen LogP contribution in [0.1, 0.15) is 42.5 Å². The van der Waals surface area contributed by atoms with Crippen LogP contribution in [0.15, 0.2) is 54.9 Å². The second kappa shape index (κ2) is 10.3. The van der Waals surface area contributed by atoms with Crippen LogP contribution in [0, 0.1) is 5.82 Å². The van der Waals surface area contributed by atoms with Crippen molar-refractivity contribution in [2.24, 2.45) is 5.73 Å². The number of anilines is 2. The van der Waals surface area contributed by atoms with E-state index >= 15 is 4.39 Å². The molecule has 3 aromatic rings. The van der Waals surface area contributed by atoms with E-state index < -0.39 is 5.82 Å². The Labute approximate surface area is 192 Å². The van der Waals surface area contributed by atoms with Gasteiger partial charge < -0.3 is 20.7 Å². The van der Waals surface area contributed by atoms with Crippen LogP contribution in [0.25, 0.3) is 0 Å². The van der Waals surface area contributed by atoms with E-state index in [9.17, 15) is 4.79 Å². The highest BCUT2D eigenvalue weighted by molar-refractivity contribution is 5.76. The lowest BCUT2D eigenvalue weighted by molar-refractivity contribution is -0.117. The molecule has 0 saturated carbocycles. The molecule has 4 rings (SSSR count). The Morgan fingerprint density at radius 1 is 1.15 bits per heavy atom. The molecule has 0 radical (unpaired) electrons. The molecular weight excluding hydrogens is 421 g/mol. The summed E-state index contributed by atoms with van der Waals surface area (Å²) in [4.78, 5) is 21.4. The molecule has 172 valence electrons. The van der Waals surface area contributed by atoms with Crippen LogP contribution in [0.4, 0.5) is 16.0 Å². The fraction of sp³-hybridized carbons (Fsp3) is 0.320. The Kier molecular flexibility index (Phi) is 7.02. The lowest BCUT2D eigenvalue weighted by Gasteiger charge is -2.27. The lowest BCUT2D eigenvalue weighted by atomic mass is 10.0. The normalized spacial score (nSPS) is 15.5. The zero-order valence-electron chi connectivity index (χ0n) is 18.6. The Morgan fingerprint density at radius 3 is 2.58 bits per heavy atom. The maximum absolute atomic E-state index is 15.4. The molecule has 0 aliphatic carbocycles. The van der Waals surface area contributed by atoms with Gasteiger partial charge in [0.2, 0.25) is 11.7 Å². The zero-order chi connectivity index (χ0) is 23.2. The van der Waals surface area contributed by atoms with E-state index in [0.717, 1.165) is 41.8 Å². The molecule has 2 aromatic carbocycles. The maximum Gasteiger partial charge on any atom is 0.221 e. The summed E-state index contributed by atoms with van der Waals surface area (Å²) in [6.45, 7) is 3.70. The highest BCUT2D eigenvalue weighted by Gasteiger charge is 2.30. The van der Waals surface area contributed by atoms with Crippen molar-refractivity contribution in [1.82, 2.24) is 9.97 Å². The molecule has 1 unspecified atom stereocenters. The molecule has 1 saturated heterocycles. The summed E-state index contributed by atoms with van der Waals surface area (Å²) in [6.07, 6.45) is 3.48. The summed E-state index contributed by atoms with van der Waals surface area (Å²) >= 11 is 0. The van der Waals surface area contributed by atoms with Crippen molar-refractivity contribution in [2.75, 3.05) is 23.4 Å². The molecule has 2 heterocycles. The second-order valence-electron chi connectivity index (χ2n) is 8.03. The summed E-state index contributed by atoms with van der Waals surface area (Å²) in [5.41, 5.74) is 8.12. The molecule has 1 aliphatic heterocycles. The zero-order valence-corrected chi connectivity index (χ0v) is 18.6. The SMILES string of the molecule is CCOc1ccc(C2CCCN2c2ncnc(NCc3ccc(CC(N)=O)cc3)c2F)cc1. The number of ether oxygens (including phenoxy) is 1. The quantitative estimate of drug-likeness (QED) is 0.513. The highest BCUT2D eigenvalue weighted by Crippen LogP contribution is 2.37. The van der Waals surface area contributed by atoms with Gasteiger partial charge in [0.25, 0.3) is 0 Å². The average molecular weight is 450 g/mol. The fourth-order valence-corrected chi connectivity index (χ4v) is 4.17. The fourth-order valence-electron chi connectivity index (χ4n) is 4.17. The third-order valence-electron chi connectivity index (χ3n) is 5.73. The summed E-state index contributed by atoms with van der Waals surface area (Å²) in [5, 5.41) is 3.07. The molecule has 7 nitrogen and oxygen atoms in total. The van der Waals surface area contributed by atoms with Gasteiger partial charge in [-0.1, -0.05) is 36.4 Å². The van der Waals surface area contributed by atoms with Gasteiger partial charge in [-0.15, -0.1) is 0 Å². The number of nitrogens with zero attached hydrogens (tertiary/aromatic N) is 3. The van der Waals surface area contributed by atoms with Crippen LogP contribution < -0.4 is 20.7 Å². The van der Waals surface area contributed by atoms with Crippen LogP contribution in [-0.2, 0) is 17.8 Å². The summed E-state index contributed by atoms with van der Waals surface area (Å²) < 4.78 is 20.9. The minimum atomic E-state index is -0.458. The molecule has 1 aliphatic rings. The van der Waals surface area contributed by atoms with E-state index in [1.165, 1.54) is 6.33 Å². The number of nitrogens with two attached hydrogens (primary N) is 1. The molecule has 8 heteroatoms. The number of primary amides is 1. The summed E-state index contributed by atoms with van der Waals surface area (Å²) in [5.74, 6) is 0.468. The maximum atomic E-state index is 15.4. The van der Waals surface area contributed by atoms with Gasteiger partial charge >= 0.3 is 0 Å². The van der Waals surface area contributed by atoms with Crippen LogP contribution in [0.5, 0.6) is 5.75 Å². The Hall–Kier alpha value is -3.68. The van der Waals surface area contributed by atoms with E-state index in [1.54, 1.807) is 0 Å². The number of carbonyl (C=O) groups is 1. The third kappa shape index (κ3) is 5.39. The minimum Gasteiger partial charge on any atom is -0.494 e. The Bertz CT molecular complexity index is 1090. The summed E-state index contributed by atoms with van der Waals surface area (Å²) in [6, 6.07) is 15.5. The molecule has 1 fully saturated rings. The number of nitrogens with one attached hydrogen (secondary N) is 1. The average Bonchev–Trinajstić information content (AvgIpc) is 3.29. The van der Waals surface area contributed by atoms with Gasteiger partial charge in [-0.3, -0.25) is 4.79 Å². The largest absolute Gasteiger partial charge is 0.494 e. The van der Waals surface area contributed by atoms with E-state index in [0.29, 0.717) is 19.0 Å². The van der Waals surface area contributed by atoms with Crippen molar-refractivity contribution in [2.45, 2.75) is 38.8 Å². The molecule has 1 atom stereocenters. The van der Waals surface area contributed by atoms with E-state index in [2.05, 4.69) is 15.3 Å². The highest BCUT2D eigenvalue weighted by atomic mass is 19.1. The first-order valence-electron chi connectivity index (χ1n) is 11.1. The number of hydrogen-bond acceptors (Lipinski definition) is 6. The number of aromatic nitrogens is 2. The molecule has 0 bridgehead atoms. The van der Waals surface area contributed by atoms with Crippen molar-refractivity contribution < 1.29 is 13.9 Å². The van der Waals surface area contributed by atoms with Crippen LogP contribution in [-0.4, -0.2) is 29.0 Å². The van der Waals surface area contributed by atoms with Crippen LogP contribution in [0.2, 0.25) is 0 Å². The van der Waals surface area contributed by atoms with Gasteiger partial charge in [0.15, 0.2) is 11.6 Å². The van der Waals surface area contributed by atoms with Gasteiger partial charge in [-0.2, -0.15) is 4.39 Å². The Morgan fingerprint density at radius 2 is 1.88 bits per heavy atom. The first-order valence-corrected chi connectivity index (χ1v) is 11.1. The van der Waals surface area contributed by atoms with E-state index in [1.807, 2.05) is 60.4 Å². The predicted octanol–water partition coefficient (Wildman–Crippen LogP) is 4.00. The van der Waals surface area contributed by atoms with E-state index in [4.69, 9.17) is 10.5 Å². The van der Waals surface area contributed by atoms with Crippen LogP contribution in [0.3, 0.4) is 0 Å². The number of hydrogen-bond donors (Lipinski definition) is 2. The second-order valence-corrected chi connectivity index (χ2v) is 8.03. The molecular formula is C25H28FN5O2. The smallest absolute Gasteiger partial charge is 0.221 e. The van der Waals surface area contributed by atoms with Crippen molar-refractivity contribution in [3.05, 3.63) is 77.4 Å². The predicted molar refractivity (Wildman–Crippen MR) is 126 cm³/mol. The molecule has 1 aromatic heterocycles. The number of benzene rings is 2. The van der Waals surface area contributed by atoms with Crippen molar-refractivity contribution >= 4 is 17.5 Å². The number of amides is 1. The standard InChI is InChI=1S/C25H28FN5O2/c1-2-33-20-11-9-19(10-12-20)21-4-3-13-31(21)25-23(26)24(29-16-30-25)28-15-18-7-5-17(6-8-18)14-22(27)32/h5-12,16,21H,2-4,13-15H2,1H3,(H2,27,32)(H,28,29,30). The molecule has 1 amide bonds. The molecule has 3 N–H and O–H groups in total. The van der Waals surface area contributed by atoms with Gasteiger partial charge in [0.05, 0.1) is 19.1 Å². The Balaban J connectivity index is 1.47. The van der Waals surface area contributed by atoms with Crippen molar-refractivity contribution in [3.63, 3.8) is 0 Å². The molecule has 33 heavy (non-hydrogen) atoms.